The summed E-state index contributed by atoms with van der Waals surface area (Å²) in [5.41, 5.74) is 1.07. The second-order valence-corrected chi connectivity index (χ2v) is 27.4. The number of cyclic esters (lactones) is 1. The fourth-order valence-corrected chi connectivity index (χ4v) is 9.58. The van der Waals surface area contributed by atoms with Crippen LogP contribution in [-0.4, -0.2) is 59.1 Å². The predicted molar refractivity (Wildman–Crippen MR) is 201 cm³/mol. The number of halogens is 2. The largest absolute Gasteiger partial charge is 0.476 e. The summed E-state index contributed by atoms with van der Waals surface area (Å²) >= 11 is 0. The van der Waals surface area contributed by atoms with Crippen LogP contribution in [0.15, 0.2) is 42.0 Å². The molecule has 0 bridgehead atoms. The molecule has 5 unspecified atom stereocenters. The van der Waals surface area contributed by atoms with Gasteiger partial charge in [0.1, 0.15) is 18.0 Å². The molecule has 0 N–H and O–H groups in total. The summed E-state index contributed by atoms with van der Waals surface area (Å²) in [7, 11) is -4.26. The van der Waals surface area contributed by atoms with Gasteiger partial charge in [-0.2, -0.15) is 0 Å². The van der Waals surface area contributed by atoms with Gasteiger partial charge in [-0.05, 0) is 85.1 Å². The molecule has 1 aliphatic heterocycles. The standard InChI is InChI=1S/C40H62F2O7Si2/c1-13-33(46-34-19-16-27(41)21-32(34)42)38(44)47-35-23-29(48-50(9,10)39(3,4)5)20-26-15-14-25(2)31(37(26)35)18-17-28-22-30(24-36(43)45-28)49-51(11,12)40(6,7)8/h14-16,19-21,25,28-31,33,35,37H,13,17-18,22-24H2,1-12H3/t25?,28-,29?,30-,31?,33+,35?,37?/m1/s1. The van der Waals surface area contributed by atoms with Gasteiger partial charge in [-0.15, -0.1) is 0 Å². The van der Waals surface area contributed by atoms with Crippen LogP contribution >= 0.6 is 0 Å². The molecule has 0 spiro atoms. The number of hydrogen-bond acceptors (Lipinski definition) is 7. The van der Waals surface area contributed by atoms with Gasteiger partial charge in [-0.3, -0.25) is 4.79 Å². The number of carbonyl (C=O) groups excluding carboxylic acids is 2. The van der Waals surface area contributed by atoms with E-state index in [9.17, 15) is 18.4 Å². The van der Waals surface area contributed by atoms with Crippen molar-refractivity contribution in [3.63, 3.8) is 0 Å². The topological polar surface area (TPSA) is 80.3 Å². The number of esters is 2. The molecule has 7 nitrogen and oxygen atoms in total. The van der Waals surface area contributed by atoms with Gasteiger partial charge < -0.3 is 23.1 Å². The molecule has 3 aliphatic rings. The zero-order valence-electron chi connectivity index (χ0n) is 32.9. The summed E-state index contributed by atoms with van der Waals surface area (Å²) in [6.45, 7) is 26.0. The Bertz CT molecular complexity index is 1460. The Morgan fingerprint density at radius 1 is 0.980 bits per heavy atom. The minimum Gasteiger partial charge on any atom is -0.476 e. The Labute approximate surface area is 307 Å². The number of rotatable bonds is 12. The molecule has 51 heavy (non-hydrogen) atoms. The van der Waals surface area contributed by atoms with Gasteiger partial charge in [0.25, 0.3) is 0 Å². The van der Waals surface area contributed by atoms with Crippen molar-refractivity contribution in [2.24, 2.45) is 17.8 Å². The molecule has 1 heterocycles. The van der Waals surface area contributed by atoms with Crippen LogP contribution in [0.5, 0.6) is 5.75 Å². The highest BCUT2D eigenvalue weighted by atomic mass is 28.4. The second-order valence-electron chi connectivity index (χ2n) is 17.9. The van der Waals surface area contributed by atoms with E-state index in [-0.39, 0.29) is 70.7 Å². The lowest BCUT2D eigenvalue weighted by molar-refractivity contribution is -0.164. The quantitative estimate of drug-likeness (QED) is 0.156. The Hall–Kier alpha value is -2.35. The number of benzene rings is 1. The monoisotopic (exact) mass is 748 g/mol. The minimum absolute atomic E-state index is 0.0159. The lowest BCUT2D eigenvalue weighted by atomic mass is 9.66. The SMILES string of the molecule is CC[C@H](Oc1ccc(F)cc1F)C(=O)OC1CC(O[Si](C)(C)C(C)(C)C)C=C2C=CC(C)C(CC[C@@H]3C[C@@H](O[Si](C)(C)C(C)(C)C)CC(=O)O3)C21. The molecule has 286 valence electrons. The molecule has 2 aliphatic carbocycles. The van der Waals surface area contributed by atoms with E-state index in [0.717, 1.165) is 24.1 Å². The van der Waals surface area contributed by atoms with Crippen molar-refractivity contribution in [3.8, 4) is 5.75 Å². The highest BCUT2D eigenvalue weighted by Crippen LogP contribution is 2.47. The van der Waals surface area contributed by atoms with Crippen LogP contribution in [-0.2, 0) is 27.9 Å². The molecule has 8 atom stereocenters. The predicted octanol–water partition coefficient (Wildman–Crippen LogP) is 10.1. The maximum absolute atomic E-state index is 14.5. The smallest absolute Gasteiger partial charge is 0.347 e. The van der Waals surface area contributed by atoms with Crippen molar-refractivity contribution < 1.29 is 41.4 Å². The van der Waals surface area contributed by atoms with E-state index in [4.69, 9.17) is 23.1 Å². The molecule has 0 saturated carbocycles. The number of carbonyl (C=O) groups is 2. The van der Waals surface area contributed by atoms with Gasteiger partial charge in [0, 0.05) is 24.8 Å². The summed E-state index contributed by atoms with van der Waals surface area (Å²) in [5, 5.41) is 0.0169. The highest BCUT2D eigenvalue weighted by Gasteiger charge is 2.47. The zero-order chi connectivity index (χ0) is 38.1. The molecule has 4 rings (SSSR count). The summed E-state index contributed by atoms with van der Waals surface area (Å²) in [6, 6.07) is 3.03. The maximum Gasteiger partial charge on any atom is 0.347 e. The van der Waals surface area contributed by atoms with Crippen LogP contribution in [0, 0.1) is 29.4 Å². The van der Waals surface area contributed by atoms with E-state index >= 15 is 0 Å². The molecule has 1 saturated heterocycles. The van der Waals surface area contributed by atoms with E-state index in [2.05, 4.69) is 92.9 Å². The number of hydrogen-bond donors (Lipinski definition) is 0. The lowest BCUT2D eigenvalue weighted by Crippen LogP contribution is -2.49. The van der Waals surface area contributed by atoms with Crippen LogP contribution in [0.2, 0.25) is 36.3 Å². The maximum atomic E-state index is 14.5. The first-order valence-corrected chi connectivity index (χ1v) is 24.6. The van der Waals surface area contributed by atoms with Crippen molar-refractivity contribution in [2.45, 2.75) is 161 Å². The summed E-state index contributed by atoms with van der Waals surface area (Å²) in [6.07, 6.45) is 7.38. The van der Waals surface area contributed by atoms with E-state index < -0.39 is 46.4 Å². The fourth-order valence-electron chi connectivity index (χ4n) is 6.94. The summed E-state index contributed by atoms with van der Waals surface area (Å²) < 4.78 is 59.7. The van der Waals surface area contributed by atoms with Gasteiger partial charge in [-0.25, -0.2) is 13.6 Å². The summed E-state index contributed by atoms with van der Waals surface area (Å²) in [4.78, 5) is 26.6. The highest BCUT2D eigenvalue weighted by molar-refractivity contribution is 6.74. The fraction of sp³-hybridized carbons (Fsp3) is 0.700. The normalized spacial score (nSPS) is 28.0. The van der Waals surface area contributed by atoms with E-state index in [1.165, 1.54) is 6.07 Å². The van der Waals surface area contributed by atoms with Crippen LogP contribution in [0.4, 0.5) is 8.78 Å². The van der Waals surface area contributed by atoms with Gasteiger partial charge in [0.15, 0.2) is 34.3 Å². The number of fused-ring (bicyclic) bond motifs is 1. The lowest BCUT2D eigenvalue weighted by Gasteiger charge is -2.46. The zero-order valence-corrected chi connectivity index (χ0v) is 34.9. The molecule has 1 aromatic rings. The van der Waals surface area contributed by atoms with Crippen LogP contribution in [0.3, 0.4) is 0 Å². The minimum atomic E-state index is -2.18. The Morgan fingerprint density at radius 3 is 2.24 bits per heavy atom. The average molecular weight is 749 g/mol. The molecule has 0 amide bonds. The Kier molecular flexibility index (Phi) is 12.9. The van der Waals surface area contributed by atoms with E-state index in [1.54, 1.807) is 6.92 Å². The molecule has 11 heteroatoms. The van der Waals surface area contributed by atoms with E-state index in [0.29, 0.717) is 19.3 Å². The number of ether oxygens (including phenoxy) is 3. The Morgan fingerprint density at radius 2 is 1.63 bits per heavy atom. The number of allylic oxidation sites excluding steroid dienone is 2. The molecule has 0 aromatic heterocycles. The second kappa shape index (κ2) is 15.9. The Balaban J connectivity index is 1.58. The third-order valence-corrected chi connectivity index (χ3v) is 21.0. The van der Waals surface area contributed by atoms with Crippen LogP contribution < -0.4 is 4.74 Å². The van der Waals surface area contributed by atoms with Crippen molar-refractivity contribution in [2.75, 3.05) is 0 Å². The van der Waals surface area contributed by atoms with Crippen molar-refractivity contribution in [1.82, 2.24) is 0 Å². The average Bonchev–Trinajstić information content (AvgIpc) is 2.98. The van der Waals surface area contributed by atoms with E-state index in [1.807, 2.05) is 0 Å². The van der Waals surface area contributed by atoms with Crippen molar-refractivity contribution in [3.05, 3.63) is 53.6 Å². The molecule has 1 fully saturated rings. The van der Waals surface area contributed by atoms with Gasteiger partial charge >= 0.3 is 11.9 Å². The molecular formula is C40H62F2O7Si2. The first-order valence-electron chi connectivity index (χ1n) is 18.8. The third kappa shape index (κ3) is 10.2. The van der Waals surface area contributed by atoms with Gasteiger partial charge in [0.2, 0.25) is 0 Å². The van der Waals surface area contributed by atoms with Crippen molar-refractivity contribution in [1.29, 1.82) is 0 Å². The van der Waals surface area contributed by atoms with Crippen LogP contribution in [0.25, 0.3) is 0 Å². The van der Waals surface area contributed by atoms with Gasteiger partial charge in [0.05, 0.1) is 18.6 Å². The first-order chi connectivity index (χ1) is 23.5. The third-order valence-electron chi connectivity index (χ3n) is 12.0. The van der Waals surface area contributed by atoms with Crippen molar-refractivity contribution >= 4 is 28.6 Å². The molecule has 1 aromatic carbocycles. The molecule has 0 radical (unpaired) electrons. The summed E-state index contributed by atoms with van der Waals surface area (Å²) in [5.74, 6) is -2.45. The van der Waals surface area contributed by atoms with Crippen LogP contribution in [0.1, 0.15) is 93.9 Å². The van der Waals surface area contributed by atoms with Gasteiger partial charge in [-0.1, -0.05) is 73.6 Å². The first kappa shape index (κ1) is 41.4. The molecular weight excluding hydrogens is 687 g/mol.